The molecule has 12 unspecified atom stereocenters. The molecule has 16 atom stereocenters. The maximum Gasteiger partial charge on any atom is 0.323 e. The molecule has 4 aromatic rings. The van der Waals surface area contributed by atoms with Crippen molar-refractivity contribution in [1.29, 1.82) is 0 Å². The first kappa shape index (κ1) is 43.2. The number of piperidine rings is 4. The van der Waals surface area contributed by atoms with Gasteiger partial charge in [-0.1, -0.05) is 110 Å². The molecule has 0 bridgehead atoms. The predicted octanol–water partition coefficient (Wildman–Crippen LogP) is 14.3. The van der Waals surface area contributed by atoms with Crippen molar-refractivity contribution in [2.75, 3.05) is 109 Å². The fourth-order valence-electron chi connectivity index (χ4n) is 14.3. The third-order valence-corrected chi connectivity index (χ3v) is 20.0. The van der Waals surface area contributed by atoms with Gasteiger partial charge in [-0.3, -0.25) is 38.8 Å². The van der Waals surface area contributed by atoms with Crippen LogP contribution < -0.4 is 60.8 Å². The summed E-state index contributed by atoms with van der Waals surface area (Å²) in [6.07, 6.45) is -25.8. The van der Waals surface area contributed by atoms with Crippen LogP contribution in [-0.2, 0) is 63.8 Å². The number of methoxy groups -OCH3 is 8. The molecule has 24 heteroatoms. The number of hydrogen-bond acceptors (Lipinski definition) is 24. The lowest BCUT2D eigenvalue weighted by Gasteiger charge is -2.47. The molecular formula is C96H152N8O16. The van der Waals surface area contributed by atoms with Crippen molar-refractivity contribution in [2.45, 2.75) is 260 Å². The van der Waals surface area contributed by atoms with Gasteiger partial charge in [0.2, 0.25) is 0 Å². The highest BCUT2D eigenvalue weighted by molar-refractivity contribution is 5.77. The molecule has 4 fully saturated rings. The van der Waals surface area contributed by atoms with Gasteiger partial charge in [0.05, 0.1) is 73.2 Å². The maximum absolute atomic E-state index is 13.7. The average molecular weight is 1730 g/mol. The molecule has 24 nitrogen and oxygen atoms in total. The van der Waals surface area contributed by atoms with Crippen LogP contribution in [0.25, 0.3) is 0 Å². The number of nitrogens with zero attached hydrogens (tertiary/aromatic N) is 4. The first-order chi connectivity index (χ1) is 80.1. The van der Waals surface area contributed by atoms with Crippen molar-refractivity contribution in [1.82, 2.24) is 19.6 Å². The Labute approximate surface area is 803 Å². The van der Waals surface area contributed by atoms with Gasteiger partial charge in [0.1, 0.15) is 48.4 Å². The van der Waals surface area contributed by atoms with Crippen LogP contribution in [0.15, 0.2) is 48.5 Å². The summed E-state index contributed by atoms with van der Waals surface area (Å²) in [6, 6.07) is -11.4. The van der Waals surface area contributed by atoms with E-state index in [1.807, 2.05) is 0 Å². The highest BCUT2D eigenvalue weighted by Gasteiger charge is 2.47. The van der Waals surface area contributed by atoms with Gasteiger partial charge in [-0.15, -0.1) is 0 Å². The Morgan fingerprint density at radius 1 is 0.358 bits per heavy atom. The van der Waals surface area contributed by atoms with E-state index in [1.54, 1.807) is 53.7 Å². The molecule has 4 aromatic carbocycles. The minimum atomic E-state index is -4.08. The second kappa shape index (κ2) is 43.9. The maximum atomic E-state index is 13.7. The Kier molecular flexibility index (Phi) is 15.8. The number of hydrogen-bond donors (Lipinski definition) is 4. The Morgan fingerprint density at radius 2 is 0.583 bits per heavy atom. The van der Waals surface area contributed by atoms with Crippen LogP contribution in [-0.4, -0.2) is 201 Å². The zero-order chi connectivity index (χ0) is 140. The zero-order valence-corrected chi connectivity index (χ0v) is 69.5. The van der Waals surface area contributed by atoms with Crippen molar-refractivity contribution in [3.05, 3.63) is 93.0 Å². The van der Waals surface area contributed by atoms with Gasteiger partial charge in [0.15, 0.2) is 46.0 Å². The first-order valence-corrected chi connectivity index (χ1v) is 38.5. The molecule has 8 N–H and O–H groups in total. The second-order valence-corrected chi connectivity index (χ2v) is 30.4. The van der Waals surface area contributed by atoms with Crippen molar-refractivity contribution in [2.24, 2.45) is 93.8 Å². The van der Waals surface area contributed by atoms with E-state index in [9.17, 15) is 38.4 Å². The van der Waals surface area contributed by atoms with E-state index in [4.69, 9.17) is 143 Å². The van der Waals surface area contributed by atoms with Crippen LogP contribution in [0.4, 0.5) is 0 Å². The van der Waals surface area contributed by atoms with Crippen molar-refractivity contribution in [3.63, 3.8) is 0 Å². The van der Waals surface area contributed by atoms with Crippen molar-refractivity contribution < 1.29 is 158 Å². The first-order valence-electron chi connectivity index (χ1n) is 68.5. The highest BCUT2D eigenvalue weighted by Crippen LogP contribution is 2.50. The Bertz CT molecular complexity index is 6740. The van der Waals surface area contributed by atoms with E-state index < -0.39 is 307 Å². The van der Waals surface area contributed by atoms with Crippen LogP contribution in [0, 0.1) is 70.8 Å². The number of esters is 4. The minimum absolute atomic E-state index is 0.0114. The molecule has 12 rings (SSSR count). The highest BCUT2D eigenvalue weighted by atomic mass is 16.6. The summed E-state index contributed by atoms with van der Waals surface area (Å²) < 4.78 is 563. The van der Waals surface area contributed by atoms with Crippen LogP contribution in [0.3, 0.4) is 0 Å². The molecule has 0 amide bonds. The third kappa shape index (κ3) is 23.8. The van der Waals surface area contributed by atoms with Crippen LogP contribution in [0.5, 0.6) is 46.0 Å². The summed E-state index contributed by atoms with van der Waals surface area (Å²) in [7, 11) is 2.06. The van der Waals surface area contributed by atoms with Crippen LogP contribution in [0.1, 0.15) is 312 Å². The molecule has 0 spiro atoms. The van der Waals surface area contributed by atoms with E-state index in [2.05, 4.69) is 0 Å². The number of fused-ring (bicyclic) bond motifs is 12. The van der Waals surface area contributed by atoms with E-state index >= 15 is 0 Å². The van der Waals surface area contributed by atoms with Crippen LogP contribution >= 0.6 is 0 Å². The van der Waals surface area contributed by atoms with Crippen molar-refractivity contribution >= 4 is 23.9 Å². The molecule has 0 radical (unpaired) electrons. The van der Waals surface area contributed by atoms with Gasteiger partial charge in [-0.25, -0.2) is 0 Å². The normalized spacial score (nSPS) is 41.8. The lowest BCUT2D eigenvalue weighted by Crippen LogP contribution is -2.51. The summed E-state index contributed by atoms with van der Waals surface area (Å²) in [5.41, 5.74) is 24.9. The van der Waals surface area contributed by atoms with Crippen LogP contribution in [0.2, 0.25) is 0 Å². The predicted molar refractivity (Wildman–Crippen MR) is 471 cm³/mol. The zero-order valence-electron chi connectivity index (χ0n) is 130. The van der Waals surface area contributed by atoms with Gasteiger partial charge in [0, 0.05) is 191 Å². The molecule has 0 saturated carbocycles. The molecule has 8 aliphatic rings. The van der Waals surface area contributed by atoms with E-state index in [1.165, 1.54) is 90.7 Å². The topological polar surface area (TPSA) is 296 Å². The van der Waals surface area contributed by atoms with E-state index in [0.717, 1.165) is 21.8 Å². The summed E-state index contributed by atoms with van der Waals surface area (Å²) in [5, 5.41) is 0. The van der Waals surface area contributed by atoms with Gasteiger partial charge >= 0.3 is 23.9 Å². The summed E-state index contributed by atoms with van der Waals surface area (Å²) >= 11 is 0. The van der Waals surface area contributed by atoms with E-state index in [-0.39, 0.29) is 121 Å². The summed E-state index contributed by atoms with van der Waals surface area (Å²) in [4.78, 5) is 58.8. The lowest BCUT2D eigenvalue weighted by molar-refractivity contribution is -0.161. The van der Waals surface area contributed by atoms with Gasteiger partial charge in [0.25, 0.3) is 0 Å². The number of nitrogens with two attached hydrogens (primary N) is 4. The number of carbonyl (C=O) groups excluding carboxylic acids is 4. The van der Waals surface area contributed by atoms with Gasteiger partial charge in [-0.2, -0.15) is 0 Å². The summed E-state index contributed by atoms with van der Waals surface area (Å²) in [5.74, 6) is -38.1. The number of carbonyl (C=O) groups is 4. The Morgan fingerprint density at radius 3 is 0.825 bits per heavy atom. The fourth-order valence-corrected chi connectivity index (χ4v) is 14.3. The second-order valence-electron chi connectivity index (χ2n) is 30.4. The quantitative estimate of drug-likeness (QED) is 0.0303. The van der Waals surface area contributed by atoms with Gasteiger partial charge < -0.3 is 79.8 Å². The fraction of sp³-hybridized carbons (Fsp3) is 0.708. The third-order valence-electron chi connectivity index (χ3n) is 20.0. The largest absolute Gasteiger partial charge is 0.493 e. The average Bonchev–Trinajstić information content (AvgIpc) is 0.663. The minimum Gasteiger partial charge on any atom is -0.493 e. The molecule has 120 heavy (non-hydrogen) atoms. The number of ether oxygens (including phenoxy) is 12. The molecule has 4 saturated heterocycles. The Hall–Kier alpha value is -7.16. The monoisotopic (exact) mass is 1730 g/mol. The SMILES string of the molecule is [2H]C([2H])([2H])C([2H])(C([2H])([2H])[2H])[C@]([2H])(N)C(=O)OC1([2H])C([2H])([2H])C2c3cc(OC)c(OC)cc3CCN2C([2H])([2H])C1([2H])CC(C)C.[2H]C([2H])([2H])Oc1cc2c(cc1OC)C1N(CC2)C([2H])([2H])C([2H])(CC(C)C)C(OC(=O)[C@@]([2H])(N)C([2H])(C([2H])([2H])[2H])C([2H])([2H])[2H])C1([2H])[2H].[2H]C([2H])([2H])Oc1cc2c(cc1OC)C1N(CC2)C([2H])([2H])C([2H])(CC(C)C)C([2H])(OC(=O)[C@@]([2H])(N)C([2H])(C([2H])([2H])[2H])C([2H])([2H])[2H])C1([2H])[2H].[2H]C1([2H])C2c3cc(OC)c(OC)cc3CCN2C([2H])([2H])C([2H])(CC(C)C)C1OC(=O)[C@@]([2H])(N)C([2H])(C([2H])([2H])[2H])C([2H])([2H])[2H]. The molecule has 8 aliphatic heterocycles. The smallest absolute Gasteiger partial charge is 0.323 e. The Balaban J connectivity index is 0.000000262. The lowest BCUT2D eigenvalue weighted by atomic mass is 9.79. The van der Waals surface area contributed by atoms with Crippen molar-refractivity contribution in [3.8, 4) is 46.0 Å². The molecule has 0 aromatic heterocycles. The number of benzene rings is 4. The summed E-state index contributed by atoms with van der Waals surface area (Å²) in [6.45, 7) is -30.3. The van der Waals surface area contributed by atoms with Gasteiger partial charge in [-0.05, 0) is 192 Å². The molecular weight excluding hydrogens is 1520 g/mol. The van der Waals surface area contributed by atoms with E-state index in [0.29, 0.717) is 28.2 Å². The standard InChI is InChI=1S/4C24H38N2O4/c4*1-14(2)9-17-13-26-8-7-16-10-21(28-5)22(29-6)11-18(16)19(26)12-20(17)30-24(27)23(25)15(3)4/h4*10-11,14-15,17,19-20,23H,7-9,12-13,25H2,1-6H3/t4*17?,19?,20?,23-/m0000/s1/i3D3,4D3,5D3,12D2,13D2,15D,17D,20D,23D;3D3,4D3,12D2,13D2,15D,17D,20D,23D;3D3,4D3,5D3,12D2,13D2,15D,17D,23D;3D3,4D3,12D2,13D2,15D,17D,23D. The number of rotatable bonds is 28. The molecule has 0 aliphatic carbocycles. The molecule has 8 heterocycles. The molecule has 672 valence electrons.